The molecule has 3 aromatic carbocycles. The highest BCUT2D eigenvalue weighted by Crippen LogP contribution is 2.34. The van der Waals surface area contributed by atoms with E-state index in [1.807, 2.05) is 0 Å². The van der Waals surface area contributed by atoms with Crippen LogP contribution in [0.3, 0.4) is 0 Å². The summed E-state index contributed by atoms with van der Waals surface area (Å²) in [5.74, 6) is 0.783. The molecule has 29 heavy (non-hydrogen) atoms. The highest BCUT2D eigenvalue weighted by atomic mass is 35.5. The minimum absolute atomic E-state index is 0.0112. The number of amides is 1. The highest BCUT2D eigenvalue weighted by molar-refractivity contribution is 7.92. The molecule has 0 bridgehead atoms. The van der Waals surface area contributed by atoms with Crippen LogP contribution in [-0.4, -0.2) is 21.1 Å². The quantitative estimate of drug-likeness (QED) is 0.635. The first-order chi connectivity index (χ1) is 13.9. The maximum atomic E-state index is 12.5. The monoisotopic (exact) mass is 430 g/mol. The van der Waals surface area contributed by atoms with Crippen LogP contribution in [0.4, 0.5) is 11.4 Å². The van der Waals surface area contributed by atoms with Crippen LogP contribution in [-0.2, 0) is 10.0 Å². The van der Waals surface area contributed by atoms with Gasteiger partial charge in [0, 0.05) is 17.3 Å². The average Bonchev–Trinajstić information content (AvgIpc) is 3.17. The fourth-order valence-corrected chi connectivity index (χ4v) is 4.03. The normalized spacial score (nSPS) is 12.4. The molecule has 3 aromatic rings. The van der Waals surface area contributed by atoms with Crippen molar-refractivity contribution in [3.05, 3.63) is 77.3 Å². The first kappa shape index (κ1) is 19.1. The smallest absolute Gasteiger partial charge is 0.261 e. The molecule has 1 amide bonds. The van der Waals surface area contributed by atoms with Crippen molar-refractivity contribution in [3.8, 4) is 11.5 Å². The molecule has 0 fully saturated rings. The Labute approximate surface area is 172 Å². The molecule has 0 unspecified atom stereocenters. The number of benzene rings is 3. The van der Waals surface area contributed by atoms with E-state index in [9.17, 15) is 13.2 Å². The summed E-state index contributed by atoms with van der Waals surface area (Å²) in [6.45, 7) is 0.144. The van der Waals surface area contributed by atoms with Crippen LogP contribution in [0.15, 0.2) is 71.6 Å². The number of fused-ring (bicyclic) bond motifs is 1. The topological polar surface area (TPSA) is 93.7 Å². The van der Waals surface area contributed by atoms with Crippen LogP contribution < -0.4 is 19.5 Å². The van der Waals surface area contributed by atoms with Crippen molar-refractivity contribution >= 4 is 38.9 Å². The van der Waals surface area contributed by atoms with Gasteiger partial charge in [-0.25, -0.2) is 8.42 Å². The first-order valence-corrected chi connectivity index (χ1v) is 10.4. The Bertz CT molecular complexity index is 1180. The molecule has 0 spiro atoms. The molecule has 0 saturated carbocycles. The molecule has 1 aliphatic rings. The van der Waals surface area contributed by atoms with E-state index in [0.29, 0.717) is 22.7 Å². The SMILES string of the molecule is O=C(Nc1ccc2c(c1)OCO2)c1ccc(S(=O)(=O)Nc2ccccc2Cl)cc1. The van der Waals surface area contributed by atoms with Crippen molar-refractivity contribution in [2.45, 2.75) is 4.90 Å². The van der Waals surface area contributed by atoms with E-state index >= 15 is 0 Å². The number of rotatable bonds is 5. The summed E-state index contributed by atoms with van der Waals surface area (Å²) in [4.78, 5) is 12.5. The number of nitrogens with one attached hydrogen (secondary N) is 2. The van der Waals surface area contributed by atoms with E-state index in [1.165, 1.54) is 24.3 Å². The van der Waals surface area contributed by atoms with E-state index in [4.69, 9.17) is 21.1 Å². The van der Waals surface area contributed by atoms with Crippen LogP contribution >= 0.6 is 11.6 Å². The molecule has 9 heteroatoms. The lowest BCUT2D eigenvalue weighted by Crippen LogP contribution is -2.15. The van der Waals surface area contributed by atoms with Crippen LogP contribution in [0.5, 0.6) is 11.5 Å². The molecule has 0 atom stereocenters. The molecule has 7 nitrogen and oxygen atoms in total. The Balaban J connectivity index is 1.48. The lowest BCUT2D eigenvalue weighted by atomic mass is 10.2. The van der Waals surface area contributed by atoms with Gasteiger partial charge in [0.1, 0.15) is 0 Å². The van der Waals surface area contributed by atoms with Crippen LogP contribution in [0.2, 0.25) is 5.02 Å². The Kier molecular flexibility index (Phi) is 5.04. The molecule has 1 heterocycles. The van der Waals surface area contributed by atoms with Gasteiger partial charge in [0.15, 0.2) is 11.5 Å². The van der Waals surface area contributed by atoms with E-state index in [-0.39, 0.29) is 28.3 Å². The second-order valence-electron chi connectivity index (χ2n) is 6.13. The molecule has 0 aliphatic carbocycles. The molecule has 0 aromatic heterocycles. The van der Waals surface area contributed by atoms with Gasteiger partial charge >= 0.3 is 0 Å². The van der Waals surface area contributed by atoms with Crippen LogP contribution in [0.1, 0.15) is 10.4 Å². The largest absolute Gasteiger partial charge is 0.454 e. The van der Waals surface area contributed by atoms with E-state index < -0.39 is 10.0 Å². The Morgan fingerprint density at radius 3 is 2.41 bits per heavy atom. The molecule has 0 saturated heterocycles. The van der Waals surface area contributed by atoms with Gasteiger partial charge in [0.05, 0.1) is 15.6 Å². The molecule has 1 aliphatic heterocycles. The van der Waals surface area contributed by atoms with E-state index in [1.54, 1.807) is 42.5 Å². The maximum Gasteiger partial charge on any atom is 0.261 e. The maximum absolute atomic E-state index is 12.5. The predicted molar refractivity (Wildman–Crippen MR) is 109 cm³/mol. The van der Waals surface area contributed by atoms with Gasteiger partial charge < -0.3 is 14.8 Å². The average molecular weight is 431 g/mol. The molecular weight excluding hydrogens is 416 g/mol. The second kappa shape index (κ2) is 7.65. The van der Waals surface area contributed by atoms with Crippen LogP contribution in [0, 0.1) is 0 Å². The van der Waals surface area contributed by atoms with Gasteiger partial charge in [0.25, 0.3) is 15.9 Å². The lowest BCUT2D eigenvalue weighted by Gasteiger charge is -2.10. The lowest BCUT2D eigenvalue weighted by molar-refractivity contribution is 0.102. The standard InChI is InChI=1S/C20H15ClN2O5S/c21-16-3-1-2-4-17(16)23-29(25,26)15-8-5-13(6-9-15)20(24)22-14-7-10-18-19(11-14)28-12-27-18/h1-11,23H,12H2,(H,22,24). The number of halogens is 1. The summed E-state index contributed by atoms with van der Waals surface area (Å²) in [6, 6.07) is 17.2. The van der Waals surface area contributed by atoms with Crippen LogP contribution in [0.25, 0.3) is 0 Å². The summed E-state index contributed by atoms with van der Waals surface area (Å²) in [5, 5.41) is 3.02. The predicted octanol–water partition coefficient (Wildman–Crippen LogP) is 4.12. The third-order valence-corrected chi connectivity index (χ3v) is 5.89. The molecular formula is C20H15ClN2O5S. The molecule has 0 radical (unpaired) electrons. The third-order valence-electron chi connectivity index (χ3n) is 4.18. The number of hydrogen-bond acceptors (Lipinski definition) is 5. The van der Waals surface area contributed by atoms with Crippen molar-refractivity contribution < 1.29 is 22.7 Å². The number of carbonyl (C=O) groups excluding carboxylic acids is 1. The number of para-hydroxylation sites is 1. The van der Waals surface area contributed by atoms with Gasteiger partial charge in [-0.2, -0.15) is 0 Å². The number of sulfonamides is 1. The zero-order valence-corrected chi connectivity index (χ0v) is 16.5. The number of carbonyl (C=O) groups is 1. The molecule has 2 N–H and O–H groups in total. The van der Waals surface area contributed by atoms with Gasteiger partial charge in [0.2, 0.25) is 6.79 Å². The van der Waals surface area contributed by atoms with Gasteiger partial charge in [-0.15, -0.1) is 0 Å². The zero-order valence-electron chi connectivity index (χ0n) is 14.9. The minimum Gasteiger partial charge on any atom is -0.454 e. The van der Waals surface area contributed by atoms with Gasteiger partial charge in [-0.1, -0.05) is 23.7 Å². The number of ether oxygens (including phenoxy) is 2. The first-order valence-electron chi connectivity index (χ1n) is 8.51. The van der Waals surface area contributed by atoms with E-state index in [0.717, 1.165) is 0 Å². The fourth-order valence-electron chi connectivity index (χ4n) is 2.71. The summed E-state index contributed by atoms with van der Waals surface area (Å²) >= 11 is 6.00. The van der Waals surface area contributed by atoms with Crippen molar-refractivity contribution in [2.75, 3.05) is 16.8 Å². The molecule has 148 valence electrons. The van der Waals surface area contributed by atoms with Gasteiger partial charge in [-0.05, 0) is 48.5 Å². The second-order valence-corrected chi connectivity index (χ2v) is 8.22. The molecule has 4 rings (SSSR count). The Hall–Kier alpha value is -3.23. The number of anilines is 2. The Morgan fingerprint density at radius 2 is 1.66 bits per heavy atom. The summed E-state index contributed by atoms with van der Waals surface area (Å²) in [5.41, 5.74) is 1.12. The summed E-state index contributed by atoms with van der Waals surface area (Å²) in [6.07, 6.45) is 0. The van der Waals surface area contributed by atoms with Crippen molar-refractivity contribution in [1.29, 1.82) is 0 Å². The van der Waals surface area contributed by atoms with Crippen molar-refractivity contribution in [3.63, 3.8) is 0 Å². The van der Waals surface area contributed by atoms with Gasteiger partial charge in [-0.3, -0.25) is 9.52 Å². The van der Waals surface area contributed by atoms with Crippen molar-refractivity contribution in [2.24, 2.45) is 0 Å². The summed E-state index contributed by atoms with van der Waals surface area (Å²) in [7, 11) is -3.84. The summed E-state index contributed by atoms with van der Waals surface area (Å²) < 4.78 is 38.0. The fraction of sp³-hybridized carbons (Fsp3) is 0.0500. The zero-order chi connectivity index (χ0) is 20.4. The van der Waals surface area contributed by atoms with E-state index in [2.05, 4.69) is 10.0 Å². The number of hydrogen-bond donors (Lipinski definition) is 2. The third kappa shape index (κ3) is 4.13. The highest BCUT2D eigenvalue weighted by Gasteiger charge is 2.18. The Morgan fingerprint density at radius 1 is 0.931 bits per heavy atom. The minimum atomic E-state index is -3.84. The van der Waals surface area contributed by atoms with Crippen molar-refractivity contribution in [1.82, 2.24) is 0 Å².